The number of anilines is 2. The molecule has 138 valence electrons. The lowest BCUT2D eigenvalue weighted by Gasteiger charge is -2.35. The van der Waals surface area contributed by atoms with Crippen molar-refractivity contribution in [2.24, 2.45) is 5.92 Å². The molecule has 25 heavy (non-hydrogen) atoms. The average Bonchev–Trinajstić information content (AvgIpc) is 2.62. The predicted octanol–water partition coefficient (Wildman–Crippen LogP) is 1.69. The molecule has 6 nitrogen and oxygen atoms in total. The summed E-state index contributed by atoms with van der Waals surface area (Å²) in [6.07, 6.45) is 2.06. The summed E-state index contributed by atoms with van der Waals surface area (Å²) in [5.74, 6) is 0.171. The molecule has 7 heteroatoms. The van der Waals surface area contributed by atoms with Crippen LogP contribution in [0.4, 0.5) is 21.5 Å². The second-order valence-electron chi connectivity index (χ2n) is 7.31. The van der Waals surface area contributed by atoms with Gasteiger partial charge in [0, 0.05) is 13.1 Å². The molecule has 2 saturated heterocycles. The molecule has 0 aliphatic carbocycles. The van der Waals surface area contributed by atoms with Crippen LogP contribution in [-0.4, -0.2) is 50.7 Å². The van der Waals surface area contributed by atoms with Crippen molar-refractivity contribution in [2.75, 3.05) is 55.6 Å². The van der Waals surface area contributed by atoms with Gasteiger partial charge in [-0.05, 0) is 31.7 Å². The molecule has 3 rings (SSSR count). The number of hydrogen-bond acceptors (Lipinski definition) is 4. The van der Waals surface area contributed by atoms with Crippen molar-refractivity contribution in [3.8, 4) is 0 Å². The summed E-state index contributed by atoms with van der Waals surface area (Å²) >= 11 is 0. The number of halogens is 1. The molecule has 2 aliphatic heterocycles. The number of hydrogen-bond donors (Lipinski definition) is 1. The van der Waals surface area contributed by atoms with Crippen LogP contribution in [0.25, 0.3) is 0 Å². The third kappa shape index (κ3) is 3.86. The van der Waals surface area contributed by atoms with E-state index in [1.54, 1.807) is 6.07 Å². The van der Waals surface area contributed by atoms with Crippen molar-refractivity contribution >= 4 is 17.1 Å². The number of benzene rings is 1. The first kappa shape index (κ1) is 17.9. The highest BCUT2D eigenvalue weighted by molar-refractivity contribution is 5.71. The Hall–Kier alpha value is -1.89. The van der Waals surface area contributed by atoms with Crippen molar-refractivity contribution in [1.29, 1.82) is 0 Å². The summed E-state index contributed by atoms with van der Waals surface area (Å²) in [4.78, 5) is 16.6. The van der Waals surface area contributed by atoms with E-state index >= 15 is 0 Å². The van der Waals surface area contributed by atoms with Gasteiger partial charge in [0.1, 0.15) is 5.69 Å². The Labute approximate surface area is 148 Å². The van der Waals surface area contributed by atoms with Crippen molar-refractivity contribution in [2.45, 2.75) is 26.7 Å². The zero-order chi connectivity index (χ0) is 18.0. The van der Waals surface area contributed by atoms with Gasteiger partial charge in [-0.3, -0.25) is 10.1 Å². The molecular formula is C18H28FN4O2+. The van der Waals surface area contributed by atoms with Crippen molar-refractivity contribution in [3.05, 3.63) is 28.1 Å². The number of piperazine rings is 1. The Morgan fingerprint density at radius 2 is 1.76 bits per heavy atom. The van der Waals surface area contributed by atoms with Crippen LogP contribution in [0.2, 0.25) is 0 Å². The van der Waals surface area contributed by atoms with Gasteiger partial charge >= 0.3 is 0 Å². The second kappa shape index (κ2) is 7.56. The SMILES string of the molecule is CC[NH+]1CCN(c2cc(N3CCC(C)CC3)c(F)cc2[N+](=O)[O-])CC1. The number of nitro benzene ring substituents is 1. The minimum Gasteiger partial charge on any atom is -0.369 e. The van der Waals surface area contributed by atoms with Crippen LogP contribution in [-0.2, 0) is 0 Å². The van der Waals surface area contributed by atoms with Crippen molar-refractivity contribution in [3.63, 3.8) is 0 Å². The van der Waals surface area contributed by atoms with Gasteiger partial charge in [-0.15, -0.1) is 0 Å². The van der Waals surface area contributed by atoms with Gasteiger partial charge in [0.25, 0.3) is 5.69 Å². The van der Waals surface area contributed by atoms with Gasteiger partial charge in [0.05, 0.1) is 49.4 Å². The van der Waals surface area contributed by atoms with E-state index in [-0.39, 0.29) is 5.69 Å². The molecule has 1 aromatic carbocycles. The Bertz CT molecular complexity index is 624. The lowest BCUT2D eigenvalue weighted by Crippen LogP contribution is -3.14. The van der Waals surface area contributed by atoms with Crippen LogP contribution < -0.4 is 14.7 Å². The van der Waals surface area contributed by atoms with Gasteiger partial charge in [-0.2, -0.15) is 0 Å². The lowest BCUT2D eigenvalue weighted by atomic mass is 9.98. The van der Waals surface area contributed by atoms with Gasteiger partial charge in [0.15, 0.2) is 5.82 Å². The fourth-order valence-electron chi connectivity index (χ4n) is 3.85. The highest BCUT2D eigenvalue weighted by atomic mass is 19.1. The number of nitro groups is 1. The Kier molecular flexibility index (Phi) is 5.42. The fraction of sp³-hybridized carbons (Fsp3) is 0.667. The van der Waals surface area contributed by atoms with E-state index in [9.17, 15) is 14.5 Å². The Balaban J connectivity index is 1.89. The molecule has 0 radical (unpaired) electrons. The van der Waals surface area contributed by atoms with E-state index in [2.05, 4.69) is 13.8 Å². The summed E-state index contributed by atoms with van der Waals surface area (Å²) in [5.41, 5.74) is 0.958. The molecule has 1 aromatic rings. The molecule has 2 heterocycles. The summed E-state index contributed by atoms with van der Waals surface area (Å²) in [5, 5.41) is 11.5. The second-order valence-corrected chi connectivity index (χ2v) is 7.31. The fourth-order valence-corrected chi connectivity index (χ4v) is 3.85. The highest BCUT2D eigenvalue weighted by Gasteiger charge is 2.29. The summed E-state index contributed by atoms with van der Waals surface area (Å²) < 4.78 is 14.6. The number of nitrogens with one attached hydrogen (secondary N) is 1. The normalized spacial score (nSPS) is 20.1. The minimum atomic E-state index is -0.483. The highest BCUT2D eigenvalue weighted by Crippen LogP contribution is 2.36. The number of quaternary nitrogens is 1. The van der Waals surface area contributed by atoms with Crippen LogP contribution in [0.3, 0.4) is 0 Å². The van der Waals surface area contributed by atoms with Crippen LogP contribution in [0.5, 0.6) is 0 Å². The Morgan fingerprint density at radius 1 is 1.16 bits per heavy atom. The summed E-state index contributed by atoms with van der Waals surface area (Å²) in [7, 11) is 0. The molecular weight excluding hydrogens is 323 g/mol. The molecule has 0 unspecified atom stereocenters. The number of likely N-dealkylation sites (N-methyl/N-ethyl adjacent to an activating group) is 1. The van der Waals surface area contributed by atoms with E-state index < -0.39 is 10.7 Å². The third-order valence-electron chi connectivity index (χ3n) is 5.68. The minimum absolute atomic E-state index is 0.119. The smallest absolute Gasteiger partial charge is 0.295 e. The van der Waals surface area contributed by atoms with E-state index in [4.69, 9.17) is 0 Å². The van der Waals surface area contributed by atoms with E-state index in [0.717, 1.165) is 64.7 Å². The van der Waals surface area contributed by atoms with Gasteiger partial charge in [-0.1, -0.05) is 6.92 Å². The monoisotopic (exact) mass is 351 g/mol. The largest absolute Gasteiger partial charge is 0.369 e. The van der Waals surface area contributed by atoms with E-state index in [1.807, 2.05) is 9.80 Å². The summed E-state index contributed by atoms with van der Waals surface area (Å²) in [6.45, 7) is 10.5. The lowest BCUT2D eigenvalue weighted by molar-refractivity contribution is -0.898. The first-order valence-corrected chi connectivity index (χ1v) is 9.31. The van der Waals surface area contributed by atoms with Crippen LogP contribution in [0.1, 0.15) is 26.7 Å². The molecule has 0 bridgehead atoms. The number of rotatable bonds is 4. The van der Waals surface area contributed by atoms with E-state index in [0.29, 0.717) is 17.3 Å². The zero-order valence-electron chi connectivity index (χ0n) is 15.1. The molecule has 2 aliphatic rings. The average molecular weight is 351 g/mol. The molecule has 0 saturated carbocycles. The standard InChI is InChI=1S/C18H27FN4O2/c1-3-20-8-10-22(11-9-20)17-13-16(15(19)12-18(17)23(24)25)21-6-4-14(2)5-7-21/h12-14H,3-11H2,1-2H3/p+1. The van der Waals surface area contributed by atoms with Crippen LogP contribution in [0.15, 0.2) is 12.1 Å². The Morgan fingerprint density at radius 3 is 2.32 bits per heavy atom. The van der Waals surface area contributed by atoms with Crippen LogP contribution in [0, 0.1) is 21.8 Å². The quantitative estimate of drug-likeness (QED) is 0.663. The molecule has 0 aromatic heterocycles. The maximum atomic E-state index is 14.6. The third-order valence-corrected chi connectivity index (χ3v) is 5.68. The van der Waals surface area contributed by atoms with Gasteiger partial charge in [-0.25, -0.2) is 4.39 Å². The predicted molar refractivity (Wildman–Crippen MR) is 97.1 cm³/mol. The first-order chi connectivity index (χ1) is 12.0. The van der Waals surface area contributed by atoms with Gasteiger partial charge in [0.2, 0.25) is 0 Å². The van der Waals surface area contributed by atoms with Crippen molar-refractivity contribution < 1.29 is 14.2 Å². The molecule has 0 atom stereocenters. The van der Waals surface area contributed by atoms with E-state index in [1.165, 1.54) is 4.90 Å². The number of nitrogens with zero attached hydrogens (tertiary/aromatic N) is 3. The van der Waals surface area contributed by atoms with Crippen molar-refractivity contribution in [1.82, 2.24) is 0 Å². The van der Waals surface area contributed by atoms with Crippen LogP contribution >= 0.6 is 0 Å². The zero-order valence-corrected chi connectivity index (χ0v) is 15.1. The number of piperidine rings is 1. The van der Waals surface area contributed by atoms with Gasteiger partial charge < -0.3 is 14.7 Å². The summed E-state index contributed by atoms with van der Waals surface area (Å²) in [6, 6.07) is 2.82. The molecule has 0 spiro atoms. The maximum Gasteiger partial charge on any atom is 0.295 e. The topological polar surface area (TPSA) is 54.1 Å². The molecule has 0 amide bonds. The first-order valence-electron chi connectivity index (χ1n) is 9.31. The molecule has 2 fully saturated rings. The maximum absolute atomic E-state index is 14.6. The molecule has 1 N–H and O–H groups in total.